The minimum absolute atomic E-state index is 0.0251. The summed E-state index contributed by atoms with van der Waals surface area (Å²) in [6.07, 6.45) is -0.821. The maximum absolute atomic E-state index is 12.7. The number of amides is 2. The van der Waals surface area contributed by atoms with Crippen molar-refractivity contribution in [3.63, 3.8) is 0 Å². The van der Waals surface area contributed by atoms with E-state index in [4.69, 9.17) is 4.98 Å². The highest BCUT2D eigenvalue weighted by atomic mass is 32.2. The van der Waals surface area contributed by atoms with E-state index in [9.17, 15) is 24.6 Å². The number of aliphatic carboxylic acids is 1. The molecule has 5 aliphatic heterocycles. The molecule has 2 amide bonds. The fourth-order valence-electron chi connectivity index (χ4n) is 7.08. The number of β-lactam (4-membered cyclic amide) rings is 1. The van der Waals surface area contributed by atoms with Crippen molar-refractivity contribution < 1.29 is 33.6 Å². The van der Waals surface area contributed by atoms with E-state index in [0.717, 1.165) is 69.3 Å². The van der Waals surface area contributed by atoms with Crippen molar-refractivity contribution >= 4 is 51.1 Å². The molecule has 2 bridgehead atoms. The number of thioether (sulfide) groups is 1. The van der Waals surface area contributed by atoms with Crippen LogP contribution in [0.5, 0.6) is 0 Å². The molecule has 214 valence electrons. The Bertz CT molecular complexity index is 1410. The number of hydrogen-bond donors (Lipinski definition) is 2. The summed E-state index contributed by atoms with van der Waals surface area (Å²) >= 11 is 2.87. The van der Waals surface area contributed by atoms with E-state index < -0.39 is 18.0 Å². The Labute approximate surface area is 242 Å². The number of benzene rings is 1. The lowest BCUT2D eigenvalue weighted by atomic mass is 9.79. The number of hydrogen-bond acceptors (Lipinski definition) is 7. The summed E-state index contributed by atoms with van der Waals surface area (Å²) in [4.78, 5) is 45.8. The third-order valence-electron chi connectivity index (χ3n) is 9.57. The van der Waals surface area contributed by atoms with Gasteiger partial charge in [-0.3, -0.25) is 9.59 Å². The maximum Gasteiger partial charge on any atom is 0.353 e. The molecule has 2 N–H and O–H groups in total. The largest absolute Gasteiger partial charge is 0.477 e. The Morgan fingerprint density at radius 3 is 2.42 bits per heavy atom. The van der Waals surface area contributed by atoms with Gasteiger partial charge in [0.05, 0.1) is 28.3 Å². The standard InChI is InChI=1S/C28H36N5O5S2/c1-16-23-22(17(2)34)26(36)31(23)24(27(37)38)25(16)40-28-29-19-13-18(5-6-20(19)39-28)14-32-7-10-33(11-8-32,12-9-32)15-21(35)30(3)4/h5-6,13,16-17,22-23,34H,7-12,14-15H2,1-4H3/q+1/p+1/t16-,17-,22-,23-,32?,33?/m1/s1. The molecule has 0 spiro atoms. The predicted octanol–water partition coefficient (Wildman–Crippen LogP) is 1.79. The number of aliphatic hydroxyl groups excluding tert-OH is 1. The van der Waals surface area contributed by atoms with Crippen LogP contribution in [0, 0.1) is 11.8 Å². The molecule has 6 heterocycles. The molecule has 0 saturated carbocycles. The first-order valence-corrected chi connectivity index (χ1v) is 15.5. The van der Waals surface area contributed by atoms with Crippen LogP contribution < -0.4 is 0 Å². The van der Waals surface area contributed by atoms with Crippen LogP contribution in [-0.2, 0) is 20.9 Å². The van der Waals surface area contributed by atoms with Gasteiger partial charge in [-0.25, -0.2) is 9.78 Å². The van der Waals surface area contributed by atoms with Crippen molar-refractivity contribution in [3.05, 3.63) is 34.4 Å². The highest BCUT2D eigenvalue weighted by Gasteiger charge is 2.60. The van der Waals surface area contributed by atoms with Crippen LogP contribution >= 0.6 is 23.1 Å². The number of carboxylic acid groups (broad SMARTS) is 1. The number of nitrogens with zero attached hydrogens (tertiary/aromatic N) is 5. The molecule has 2 aromatic rings. The van der Waals surface area contributed by atoms with Crippen molar-refractivity contribution in [2.24, 2.45) is 11.8 Å². The first-order chi connectivity index (χ1) is 18.9. The zero-order valence-electron chi connectivity index (χ0n) is 23.4. The number of piperazine rings is 3. The Balaban J connectivity index is 1.18. The monoisotopic (exact) mass is 587 g/mol. The minimum Gasteiger partial charge on any atom is -0.477 e. The molecule has 0 radical (unpaired) electrons. The van der Waals surface area contributed by atoms with E-state index >= 15 is 0 Å². The lowest BCUT2D eigenvalue weighted by Gasteiger charge is -2.55. The number of aliphatic hydroxyl groups is 1. The molecule has 7 rings (SSSR count). The van der Waals surface area contributed by atoms with Crippen molar-refractivity contribution in [1.29, 1.82) is 0 Å². The smallest absolute Gasteiger partial charge is 0.353 e. The third kappa shape index (κ3) is 4.44. The summed E-state index contributed by atoms with van der Waals surface area (Å²) < 4.78 is 3.77. The Morgan fingerprint density at radius 2 is 1.82 bits per heavy atom. The molecule has 0 aliphatic carbocycles. The zero-order chi connectivity index (χ0) is 28.6. The van der Waals surface area contributed by atoms with E-state index in [1.54, 1.807) is 11.8 Å². The van der Waals surface area contributed by atoms with Gasteiger partial charge >= 0.3 is 5.97 Å². The second-order valence-electron chi connectivity index (χ2n) is 12.3. The van der Waals surface area contributed by atoms with Gasteiger partial charge < -0.3 is 29.0 Å². The Morgan fingerprint density at radius 1 is 1.18 bits per heavy atom. The van der Waals surface area contributed by atoms with Gasteiger partial charge in [-0.2, -0.15) is 0 Å². The highest BCUT2D eigenvalue weighted by molar-refractivity contribution is 8.04. The molecule has 40 heavy (non-hydrogen) atoms. The number of carboxylic acids is 1. The van der Waals surface area contributed by atoms with Crippen molar-refractivity contribution in [2.45, 2.75) is 36.9 Å². The summed E-state index contributed by atoms with van der Waals surface area (Å²) in [5.41, 5.74) is 2.18. The van der Waals surface area contributed by atoms with Gasteiger partial charge in [0.25, 0.3) is 5.91 Å². The molecular formula is C28H37N5O5S2+2. The fraction of sp³-hybridized carbons (Fsp3) is 0.571. The number of aromatic nitrogens is 1. The summed E-state index contributed by atoms with van der Waals surface area (Å²) in [7, 11) is 3.67. The summed E-state index contributed by atoms with van der Waals surface area (Å²) in [6, 6.07) is 6.12. The lowest BCUT2D eigenvalue weighted by molar-refractivity contribution is -1.08. The van der Waals surface area contributed by atoms with Crippen molar-refractivity contribution in [2.75, 3.05) is 59.9 Å². The molecule has 4 fully saturated rings. The van der Waals surface area contributed by atoms with Crippen LogP contribution in [0.4, 0.5) is 0 Å². The van der Waals surface area contributed by atoms with E-state index in [1.807, 2.05) is 21.0 Å². The molecule has 1 aromatic carbocycles. The van der Waals surface area contributed by atoms with Gasteiger partial charge in [-0.1, -0.05) is 24.8 Å². The van der Waals surface area contributed by atoms with Crippen LogP contribution in [-0.4, -0.2) is 124 Å². The maximum atomic E-state index is 12.7. The van der Waals surface area contributed by atoms with E-state index in [1.165, 1.54) is 33.6 Å². The van der Waals surface area contributed by atoms with E-state index in [0.29, 0.717) is 11.4 Å². The average Bonchev–Trinajstić information content (AvgIpc) is 3.41. The summed E-state index contributed by atoms with van der Waals surface area (Å²) in [6.45, 7) is 11.4. The van der Waals surface area contributed by atoms with Crippen LogP contribution in [0.3, 0.4) is 0 Å². The Hall–Kier alpha value is -2.51. The van der Waals surface area contributed by atoms with Gasteiger partial charge in [-0.05, 0) is 19.1 Å². The number of quaternary nitrogens is 2. The molecule has 10 nitrogen and oxygen atoms in total. The second-order valence-corrected chi connectivity index (χ2v) is 14.6. The average molecular weight is 588 g/mol. The Kier molecular flexibility index (Phi) is 6.77. The molecule has 4 atom stereocenters. The molecule has 4 saturated heterocycles. The van der Waals surface area contributed by atoms with Crippen molar-refractivity contribution in [1.82, 2.24) is 14.8 Å². The number of rotatable bonds is 8. The van der Waals surface area contributed by atoms with Gasteiger partial charge in [0.1, 0.15) is 51.5 Å². The van der Waals surface area contributed by atoms with Crippen LogP contribution in [0.25, 0.3) is 10.2 Å². The third-order valence-corrected chi connectivity index (χ3v) is 12.0. The summed E-state index contributed by atoms with van der Waals surface area (Å²) in [5, 5.41) is 20.0. The van der Waals surface area contributed by atoms with Crippen LogP contribution in [0.2, 0.25) is 0 Å². The first kappa shape index (κ1) is 27.6. The van der Waals surface area contributed by atoms with E-state index in [2.05, 4.69) is 18.2 Å². The normalized spacial score (nSPS) is 31.9. The SMILES string of the molecule is C[C@@H](O)[C@H]1C(=O)N2C(C(=O)O)=C(Sc3nc4cc(C[N+]56CC[N+](CC(=O)N(C)C)(CC5)CC6)ccc4s3)[C@H](C)[C@H]12. The van der Waals surface area contributed by atoms with Crippen LogP contribution in [0.1, 0.15) is 19.4 Å². The quantitative estimate of drug-likeness (QED) is 0.358. The van der Waals surface area contributed by atoms with Crippen LogP contribution in [0.15, 0.2) is 33.1 Å². The molecule has 12 heteroatoms. The van der Waals surface area contributed by atoms with E-state index in [-0.39, 0.29) is 29.5 Å². The lowest BCUT2D eigenvalue weighted by Crippen LogP contribution is -2.75. The number of likely N-dealkylation sites (N-methyl/N-ethyl adjacent to an activating group) is 1. The minimum atomic E-state index is -1.12. The number of thiazole rings is 1. The molecule has 1 aromatic heterocycles. The molecule has 0 unspecified atom stereocenters. The predicted molar refractivity (Wildman–Crippen MR) is 152 cm³/mol. The first-order valence-electron chi connectivity index (χ1n) is 13.9. The highest BCUT2D eigenvalue weighted by Crippen LogP contribution is 2.52. The van der Waals surface area contributed by atoms with Crippen molar-refractivity contribution in [3.8, 4) is 0 Å². The molecule has 5 aliphatic rings. The topological polar surface area (TPSA) is 111 Å². The second kappa shape index (κ2) is 9.80. The van der Waals surface area contributed by atoms with Gasteiger partial charge in [-0.15, -0.1) is 11.3 Å². The van der Waals surface area contributed by atoms with Gasteiger partial charge in [0, 0.05) is 30.5 Å². The zero-order valence-corrected chi connectivity index (χ0v) is 25.0. The number of carbonyl (C=O) groups is 3. The number of carbonyl (C=O) groups excluding carboxylic acids is 2. The summed E-state index contributed by atoms with van der Waals surface area (Å²) in [5.74, 6) is -2.00. The molecular weight excluding hydrogens is 550 g/mol. The van der Waals surface area contributed by atoms with Gasteiger partial charge in [0.15, 0.2) is 10.9 Å². The van der Waals surface area contributed by atoms with Gasteiger partial charge in [0.2, 0.25) is 5.91 Å². The number of fused-ring (bicyclic) bond motifs is 5. The fourth-order valence-corrected chi connectivity index (χ4v) is 9.40.